The predicted molar refractivity (Wildman–Crippen MR) is 101 cm³/mol. The lowest BCUT2D eigenvalue weighted by Gasteiger charge is -2.37. The molecule has 9 heteroatoms. The summed E-state index contributed by atoms with van der Waals surface area (Å²) < 4.78 is 51.6. The molecule has 0 radical (unpaired) electrons. The number of nitrogens with one attached hydrogen (secondary N) is 1. The molecule has 3 rings (SSSR count). The Hall–Kier alpha value is -2.94. The molecule has 1 fully saturated rings. The number of carbonyl (C=O) groups excluding carboxylic acids is 1. The zero-order valence-electron chi connectivity index (χ0n) is 15.9. The number of alkyl halides is 3. The van der Waals surface area contributed by atoms with Crippen LogP contribution in [0.1, 0.15) is 13.8 Å². The number of halogens is 3. The number of benzene rings is 2. The van der Waals surface area contributed by atoms with Gasteiger partial charge in [0.25, 0.3) is 0 Å². The number of rotatable bonds is 4. The molecule has 0 saturated carbocycles. The summed E-state index contributed by atoms with van der Waals surface area (Å²) in [7, 11) is 0. The molecule has 1 amide bonds. The average Bonchev–Trinajstić information content (AvgIpc) is 2.62. The largest absolute Gasteiger partial charge is 0.573 e. The highest BCUT2D eigenvalue weighted by Gasteiger charge is 2.31. The van der Waals surface area contributed by atoms with Crippen molar-refractivity contribution < 1.29 is 32.2 Å². The van der Waals surface area contributed by atoms with E-state index in [1.165, 1.54) is 12.1 Å². The quantitative estimate of drug-likeness (QED) is 0.784. The number of nitrogens with zero attached hydrogens (tertiary/aromatic N) is 1. The van der Waals surface area contributed by atoms with Crippen molar-refractivity contribution in [2.45, 2.75) is 32.4 Å². The summed E-state index contributed by atoms with van der Waals surface area (Å²) in [6, 6.07) is 11.9. The lowest BCUT2D eigenvalue weighted by Crippen LogP contribution is -2.45. The van der Waals surface area contributed by atoms with Crippen LogP contribution in [-0.4, -0.2) is 37.8 Å². The van der Waals surface area contributed by atoms with Crippen molar-refractivity contribution >= 4 is 17.5 Å². The number of para-hydroxylation sites is 2. The van der Waals surface area contributed by atoms with Crippen molar-refractivity contribution in [2.24, 2.45) is 0 Å². The Labute approximate surface area is 166 Å². The summed E-state index contributed by atoms with van der Waals surface area (Å²) >= 11 is 0. The minimum absolute atomic E-state index is 0.0399. The molecule has 1 saturated heterocycles. The second-order valence-electron chi connectivity index (χ2n) is 6.72. The van der Waals surface area contributed by atoms with Gasteiger partial charge in [0.15, 0.2) is 5.75 Å². The molecular weight excluding hydrogens is 389 g/mol. The maximum absolute atomic E-state index is 12.3. The second-order valence-corrected chi connectivity index (χ2v) is 6.72. The molecule has 2 aromatic carbocycles. The van der Waals surface area contributed by atoms with E-state index in [-0.39, 0.29) is 23.6 Å². The van der Waals surface area contributed by atoms with Gasteiger partial charge in [0.2, 0.25) is 0 Å². The monoisotopic (exact) mass is 410 g/mol. The zero-order valence-corrected chi connectivity index (χ0v) is 15.9. The van der Waals surface area contributed by atoms with Gasteiger partial charge >= 0.3 is 12.5 Å². The van der Waals surface area contributed by atoms with Crippen molar-refractivity contribution in [3.63, 3.8) is 0 Å². The summed E-state index contributed by atoms with van der Waals surface area (Å²) in [4.78, 5) is 14.4. The Balaban J connectivity index is 1.65. The van der Waals surface area contributed by atoms with Gasteiger partial charge in [0, 0.05) is 18.8 Å². The first kappa shape index (κ1) is 20.8. The van der Waals surface area contributed by atoms with E-state index >= 15 is 0 Å². The third kappa shape index (κ3) is 6.02. The highest BCUT2D eigenvalue weighted by Crippen LogP contribution is 2.31. The minimum atomic E-state index is -4.77. The van der Waals surface area contributed by atoms with Crippen molar-refractivity contribution in [3.05, 3.63) is 48.5 Å². The van der Waals surface area contributed by atoms with Crippen LogP contribution in [0, 0.1) is 0 Å². The van der Waals surface area contributed by atoms with Gasteiger partial charge in [-0.15, -0.1) is 13.2 Å². The topological polar surface area (TPSA) is 60.0 Å². The van der Waals surface area contributed by atoms with Crippen LogP contribution < -0.4 is 19.7 Å². The van der Waals surface area contributed by atoms with Crippen molar-refractivity contribution in [1.82, 2.24) is 0 Å². The molecule has 2 unspecified atom stereocenters. The molecule has 2 aromatic rings. The van der Waals surface area contributed by atoms with Crippen molar-refractivity contribution in [3.8, 4) is 11.5 Å². The molecule has 2 atom stereocenters. The molecule has 1 aliphatic heterocycles. The van der Waals surface area contributed by atoms with Crippen LogP contribution in [0.5, 0.6) is 11.5 Å². The summed E-state index contributed by atoms with van der Waals surface area (Å²) in [5, 5.41) is 2.49. The second kappa shape index (κ2) is 8.60. The first-order valence-corrected chi connectivity index (χ1v) is 9.03. The molecular formula is C20H21F3N2O4. The number of morpholine rings is 1. The van der Waals surface area contributed by atoms with E-state index in [1.54, 1.807) is 12.1 Å². The molecule has 156 valence electrons. The number of carbonyl (C=O) groups is 1. The van der Waals surface area contributed by atoms with Crippen LogP contribution in [0.15, 0.2) is 48.5 Å². The van der Waals surface area contributed by atoms with E-state index in [1.807, 2.05) is 26.0 Å². The van der Waals surface area contributed by atoms with Gasteiger partial charge in [-0.3, -0.25) is 5.32 Å². The number of hydrogen-bond donors (Lipinski definition) is 1. The van der Waals surface area contributed by atoms with Crippen LogP contribution in [0.2, 0.25) is 0 Å². The molecule has 0 spiro atoms. The highest BCUT2D eigenvalue weighted by atomic mass is 19.4. The van der Waals surface area contributed by atoms with E-state index in [9.17, 15) is 18.0 Å². The van der Waals surface area contributed by atoms with E-state index in [4.69, 9.17) is 9.47 Å². The van der Waals surface area contributed by atoms with Crippen LogP contribution in [0.4, 0.5) is 29.3 Å². The molecule has 0 aliphatic carbocycles. The fraction of sp³-hybridized carbons (Fsp3) is 0.350. The first-order valence-electron chi connectivity index (χ1n) is 9.03. The number of anilines is 2. The summed E-state index contributed by atoms with van der Waals surface area (Å²) in [6.07, 6.45) is -5.45. The first-order chi connectivity index (χ1) is 13.7. The van der Waals surface area contributed by atoms with Crippen LogP contribution in [-0.2, 0) is 4.74 Å². The molecule has 29 heavy (non-hydrogen) atoms. The fourth-order valence-corrected chi connectivity index (χ4v) is 3.16. The van der Waals surface area contributed by atoms with Gasteiger partial charge in [-0.25, -0.2) is 4.79 Å². The molecule has 0 bridgehead atoms. The zero-order chi connectivity index (χ0) is 21.0. The Morgan fingerprint density at radius 3 is 2.31 bits per heavy atom. The van der Waals surface area contributed by atoms with E-state index < -0.39 is 12.5 Å². The lowest BCUT2D eigenvalue weighted by atomic mass is 10.2. The summed E-state index contributed by atoms with van der Waals surface area (Å²) in [5.74, 6) is 0.000597. The van der Waals surface area contributed by atoms with Gasteiger partial charge in [-0.05, 0) is 50.2 Å². The average molecular weight is 410 g/mol. The van der Waals surface area contributed by atoms with Gasteiger partial charge in [-0.1, -0.05) is 12.1 Å². The maximum Gasteiger partial charge on any atom is 0.573 e. The number of amides is 1. The normalized spacial score (nSPS) is 19.6. The molecule has 1 heterocycles. The standard InChI is InChI=1S/C20H21F3N2O4/c1-13-11-25(12-14(2)27-13)17-5-3-4-6-18(17)28-19(26)24-15-7-9-16(10-8-15)29-20(21,22)23/h3-10,13-14H,11-12H2,1-2H3,(H,24,26). The van der Waals surface area contributed by atoms with Gasteiger partial charge < -0.3 is 19.1 Å². The Kier molecular flexibility index (Phi) is 6.17. The SMILES string of the molecule is CC1CN(c2ccccc2OC(=O)Nc2ccc(OC(F)(F)F)cc2)CC(C)O1. The van der Waals surface area contributed by atoms with Crippen LogP contribution in [0.25, 0.3) is 0 Å². The number of hydrogen-bond acceptors (Lipinski definition) is 5. The van der Waals surface area contributed by atoms with Crippen molar-refractivity contribution in [1.29, 1.82) is 0 Å². The van der Waals surface area contributed by atoms with Crippen LogP contribution in [0.3, 0.4) is 0 Å². The molecule has 1 N–H and O–H groups in total. The smallest absolute Gasteiger partial charge is 0.408 e. The minimum Gasteiger partial charge on any atom is -0.408 e. The number of ether oxygens (including phenoxy) is 3. The Morgan fingerprint density at radius 1 is 1.07 bits per heavy atom. The van der Waals surface area contributed by atoms with E-state index in [2.05, 4.69) is 15.0 Å². The van der Waals surface area contributed by atoms with Gasteiger partial charge in [0.05, 0.1) is 17.9 Å². The van der Waals surface area contributed by atoms with Crippen LogP contribution >= 0.6 is 0 Å². The highest BCUT2D eigenvalue weighted by molar-refractivity contribution is 5.87. The third-order valence-electron chi connectivity index (χ3n) is 4.16. The van der Waals surface area contributed by atoms with Gasteiger partial charge in [0.1, 0.15) is 5.75 Å². The molecule has 0 aromatic heterocycles. The molecule has 6 nitrogen and oxygen atoms in total. The van der Waals surface area contributed by atoms with E-state index in [0.717, 1.165) is 17.8 Å². The van der Waals surface area contributed by atoms with Crippen molar-refractivity contribution in [2.75, 3.05) is 23.3 Å². The predicted octanol–water partition coefficient (Wildman–Crippen LogP) is 4.81. The van der Waals surface area contributed by atoms with Gasteiger partial charge in [-0.2, -0.15) is 0 Å². The maximum atomic E-state index is 12.3. The third-order valence-corrected chi connectivity index (χ3v) is 4.16. The van der Waals surface area contributed by atoms with E-state index in [0.29, 0.717) is 18.8 Å². The Morgan fingerprint density at radius 2 is 1.69 bits per heavy atom. The summed E-state index contributed by atoms with van der Waals surface area (Å²) in [5.41, 5.74) is 1.04. The summed E-state index contributed by atoms with van der Waals surface area (Å²) in [6.45, 7) is 5.27. The lowest BCUT2D eigenvalue weighted by molar-refractivity contribution is -0.274. The molecule has 1 aliphatic rings. The fourth-order valence-electron chi connectivity index (χ4n) is 3.16. The Bertz CT molecular complexity index is 832.